The van der Waals surface area contributed by atoms with Gasteiger partial charge in [0.25, 0.3) is 0 Å². The Morgan fingerprint density at radius 3 is 2.47 bits per heavy atom. The molecule has 2 heteroatoms. The zero-order valence-corrected chi connectivity index (χ0v) is 9.33. The van der Waals surface area contributed by atoms with Crippen molar-refractivity contribution in [2.45, 2.75) is 38.3 Å². The van der Waals surface area contributed by atoms with Crippen LogP contribution in [0, 0.1) is 0 Å². The first-order valence-electron chi connectivity index (χ1n) is 5.75. The third-order valence-corrected chi connectivity index (χ3v) is 3.11. The van der Waals surface area contributed by atoms with Crippen LogP contribution in [-0.4, -0.2) is 13.2 Å². The van der Waals surface area contributed by atoms with Crippen molar-refractivity contribution in [2.75, 3.05) is 7.11 Å². The maximum atomic E-state index is 5.13. The SMILES string of the molecule is COc1ccc(CNC2CCCC2)cc1. The maximum Gasteiger partial charge on any atom is 0.118 e. The normalized spacial score (nSPS) is 16.9. The van der Waals surface area contributed by atoms with Crippen LogP contribution in [0.5, 0.6) is 5.75 Å². The average molecular weight is 205 g/mol. The highest BCUT2D eigenvalue weighted by Gasteiger charge is 2.13. The van der Waals surface area contributed by atoms with E-state index < -0.39 is 0 Å². The van der Waals surface area contributed by atoms with Gasteiger partial charge in [-0.1, -0.05) is 25.0 Å². The highest BCUT2D eigenvalue weighted by molar-refractivity contribution is 5.27. The van der Waals surface area contributed by atoms with Gasteiger partial charge < -0.3 is 10.1 Å². The second-order valence-corrected chi connectivity index (χ2v) is 4.21. The van der Waals surface area contributed by atoms with Gasteiger partial charge in [0.05, 0.1) is 7.11 Å². The number of nitrogens with one attached hydrogen (secondary N) is 1. The maximum absolute atomic E-state index is 5.13. The van der Waals surface area contributed by atoms with Crippen molar-refractivity contribution in [3.05, 3.63) is 29.8 Å². The first-order chi connectivity index (χ1) is 7.38. The molecule has 82 valence electrons. The molecule has 0 aliphatic heterocycles. The summed E-state index contributed by atoms with van der Waals surface area (Å²) in [4.78, 5) is 0. The summed E-state index contributed by atoms with van der Waals surface area (Å²) >= 11 is 0. The van der Waals surface area contributed by atoms with Crippen molar-refractivity contribution in [3.63, 3.8) is 0 Å². The van der Waals surface area contributed by atoms with Crippen LogP contribution < -0.4 is 10.1 Å². The third-order valence-electron chi connectivity index (χ3n) is 3.11. The minimum Gasteiger partial charge on any atom is -0.497 e. The lowest BCUT2D eigenvalue weighted by molar-refractivity contribution is 0.414. The Bertz CT molecular complexity index is 288. The highest BCUT2D eigenvalue weighted by atomic mass is 16.5. The van der Waals surface area contributed by atoms with Crippen LogP contribution in [-0.2, 0) is 6.54 Å². The summed E-state index contributed by atoms with van der Waals surface area (Å²) in [7, 11) is 1.70. The molecule has 2 rings (SSSR count). The van der Waals surface area contributed by atoms with Gasteiger partial charge >= 0.3 is 0 Å². The molecule has 0 bridgehead atoms. The Kier molecular flexibility index (Phi) is 3.62. The fourth-order valence-electron chi connectivity index (χ4n) is 2.14. The second-order valence-electron chi connectivity index (χ2n) is 4.21. The van der Waals surface area contributed by atoms with Crippen LogP contribution in [0.3, 0.4) is 0 Å². The standard InChI is InChI=1S/C13H19NO/c1-15-13-8-6-11(7-9-13)10-14-12-4-2-3-5-12/h6-9,12,14H,2-5,10H2,1H3. The lowest BCUT2D eigenvalue weighted by atomic mass is 10.2. The molecule has 0 amide bonds. The van der Waals surface area contributed by atoms with Crippen molar-refractivity contribution in [1.29, 1.82) is 0 Å². The summed E-state index contributed by atoms with van der Waals surface area (Å²) in [6, 6.07) is 9.03. The van der Waals surface area contributed by atoms with E-state index in [0.29, 0.717) is 0 Å². The number of hydrogen-bond acceptors (Lipinski definition) is 2. The van der Waals surface area contributed by atoms with Gasteiger partial charge in [0.2, 0.25) is 0 Å². The number of ether oxygens (including phenoxy) is 1. The molecule has 0 aromatic heterocycles. The zero-order valence-electron chi connectivity index (χ0n) is 9.33. The quantitative estimate of drug-likeness (QED) is 0.816. The Morgan fingerprint density at radius 2 is 1.87 bits per heavy atom. The van der Waals surface area contributed by atoms with Gasteiger partial charge in [-0.25, -0.2) is 0 Å². The smallest absolute Gasteiger partial charge is 0.118 e. The number of benzene rings is 1. The molecule has 1 saturated carbocycles. The molecule has 1 aromatic carbocycles. The molecule has 1 fully saturated rings. The fraction of sp³-hybridized carbons (Fsp3) is 0.538. The van der Waals surface area contributed by atoms with E-state index in [0.717, 1.165) is 18.3 Å². The predicted octanol–water partition coefficient (Wildman–Crippen LogP) is 2.73. The summed E-state index contributed by atoms with van der Waals surface area (Å²) in [5, 5.41) is 3.59. The molecule has 15 heavy (non-hydrogen) atoms. The van der Waals surface area contributed by atoms with Crippen LogP contribution in [0.4, 0.5) is 0 Å². The molecule has 0 spiro atoms. The van der Waals surface area contributed by atoms with Gasteiger partial charge in [-0.2, -0.15) is 0 Å². The van der Waals surface area contributed by atoms with Crippen LogP contribution >= 0.6 is 0 Å². The largest absolute Gasteiger partial charge is 0.497 e. The minimum absolute atomic E-state index is 0.743. The topological polar surface area (TPSA) is 21.3 Å². The summed E-state index contributed by atoms with van der Waals surface area (Å²) in [5.41, 5.74) is 1.34. The molecule has 1 N–H and O–H groups in total. The molecular weight excluding hydrogens is 186 g/mol. The molecule has 1 aromatic rings. The van der Waals surface area contributed by atoms with E-state index in [2.05, 4.69) is 17.4 Å². The van der Waals surface area contributed by atoms with E-state index in [1.807, 2.05) is 12.1 Å². The monoisotopic (exact) mass is 205 g/mol. The van der Waals surface area contributed by atoms with Crippen LogP contribution in [0.2, 0.25) is 0 Å². The van der Waals surface area contributed by atoms with E-state index in [9.17, 15) is 0 Å². The predicted molar refractivity (Wildman–Crippen MR) is 62.1 cm³/mol. The van der Waals surface area contributed by atoms with E-state index in [4.69, 9.17) is 4.74 Å². The lowest BCUT2D eigenvalue weighted by Crippen LogP contribution is -2.25. The molecule has 0 heterocycles. The van der Waals surface area contributed by atoms with Gasteiger partial charge in [0.15, 0.2) is 0 Å². The van der Waals surface area contributed by atoms with Gasteiger partial charge in [-0.15, -0.1) is 0 Å². The van der Waals surface area contributed by atoms with Crippen molar-refractivity contribution in [1.82, 2.24) is 5.32 Å². The fourth-order valence-corrected chi connectivity index (χ4v) is 2.14. The molecular formula is C13H19NO. The molecule has 0 saturated heterocycles. The van der Waals surface area contributed by atoms with Gasteiger partial charge in [0, 0.05) is 12.6 Å². The lowest BCUT2D eigenvalue weighted by Gasteiger charge is -2.11. The number of rotatable bonds is 4. The van der Waals surface area contributed by atoms with Crippen molar-refractivity contribution < 1.29 is 4.74 Å². The van der Waals surface area contributed by atoms with Crippen molar-refractivity contribution >= 4 is 0 Å². The molecule has 2 nitrogen and oxygen atoms in total. The van der Waals surface area contributed by atoms with E-state index in [1.165, 1.54) is 31.2 Å². The van der Waals surface area contributed by atoms with Crippen LogP contribution in [0.25, 0.3) is 0 Å². The Hall–Kier alpha value is -1.02. The number of methoxy groups -OCH3 is 1. The highest BCUT2D eigenvalue weighted by Crippen LogP contribution is 2.18. The third kappa shape index (κ3) is 2.96. The Morgan fingerprint density at radius 1 is 1.20 bits per heavy atom. The average Bonchev–Trinajstić information content (AvgIpc) is 2.80. The molecule has 1 aliphatic rings. The number of hydrogen-bond donors (Lipinski definition) is 1. The summed E-state index contributed by atoms with van der Waals surface area (Å²) in [6.07, 6.45) is 5.47. The van der Waals surface area contributed by atoms with Gasteiger partial charge in [-0.3, -0.25) is 0 Å². The van der Waals surface area contributed by atoms with Gasteiger partial charge in [-0.05, 0) is 30.5 Å². The first-order valence-corrected chi connectivity index (χ1v) is 5.75. The van der Waals surface area contributed by atoms with E-state index in [-0.39, 0.29) is 0 Å². The molecule has 0 atom stereocenters. The van der Waals surface area contributed by atoms with E-state index >= 15 is 0 Å². The van der Waals surface area contributed by atoms with Crippen LogP contribution in [0.1, 0.15) is 31.2 Å². The Labute approximate surface area is 91.6 Å². The van der Waals surface area contributed by atoms with Crippen molar-refractivity contribution in [3.8, 4) is 5.75 Å². The van der Waals surface area contributed by atoms with Crippen LogP contribution in [0.15, 0.2) is 24.3 Å². The minimum atomic E-state index is 0.743. The Balaban J connectivity index is 1.82. The van der Waals surface area contributed by atoms with E-state index in [1.54, 1.807) is 7.11 Å². The molecule has 0 radical (unpaired) electrons. The first kappa shape index (κ1) is 10.5. The summed E-state index contributed by atoms with van der Waals surface area (Å²) in [5.74, 6) is 0.930. The molecule has 0 unspecified atom stereocenters. The summed E-state index contributed by atoms with van der Waals surface area (Å²) < 4.78 is 5.13. The zero-order chi connectivity index (χ0) is 10.5. The van der Waals surface area contributed by atoms with Crippen molar-refractivity contribution in [2.24, 2.45) is 0 Å². The summed E-state index contributed by atoms with van der Waals surface area (Å²) in [6.45, 7) is 0.981. The van der Waals surface area contributed by atoms with Gasteiger partial charge in [0.1, 0.15) is 5.75 Å². The second kappa shape index (κ2) is 5.17. The molecule has 1 aliphatic carbocycles.